The lowest BCUT2D eigenvalue weighted by molar-refractivity contribution is 0.0913. The van der Waals surface area contributed by atoms with Gasteiger partial charge in [0.2, 0.25) is 0 Å². The topological polar surface area (TPSA) is 125 Å². The number of para-hydroxylation sites is 1. The van der Waals surface area contributed by atoms with Crippen LogP contribution < -0.4 is 20.7 Å². The molecule has 4 aromatic rings. The normalized spacial score (nSPS) is 11.6. The van der Waals surface area contributed by atoms with Gasteiger partial charge in [0.1, 0.15) is 18.1 Å². The summed E-state index contributed by atoms with van der Waals surface area (Å²) >= 11 is 0. The number of sulfonamides is 1. The fourth-order valence-electron chi connectivity index (χ4n) is 3.14. The third kappa shape index (κ3) is 4.15. The number of nitrogens with one attached hydrogen (secondary N) is 2. The number of furan rings is 1. The van der Waals surface area contributed by atoms with Gasteiger partial charge in [-0.05, 0) is 42.5 Å². The maximum absolute atomic E-state index is 12.6. The molecule has 2 aromatic heterocycles. The Kier molecular flexibility index (Phi) is 5.59. The summed E-state index contributed by atoms with van der Waals surface area (Å²) in [5, 5.41) is 0. The second kappa shape index (κ2) is 8.36. The van der Waals surface area contributed by atoms with Crippen LogP contribution in [0.4, 0.5) is 0 Å². The Morgan fingerprint density at radius 1 is 1.00 bits per heavy atom. The number of hydrazine groups is 1. The second-order valence-electron chi connectivity index (χ2n) is 6.98. The number of benzene rings is 2. The third-order valence-corrected chi connectivity index (χ3v) is 6.11. The van der Waals surface area contributed by atoms with Crippen LogP contribution in [0, 0.1) is 0 Å². The summed E-state index contributed by atoms with van der Waals surface area (Å²) < 4.78 is 38.9. The molecule has 4 rings (SSSR count). The summed E-state index contributed by atoms with van der Waals surface area (Å²) in [6.45, 7) is 0.110. The number of aryl methyl sites for hydroxylation is 2. The van der Waals surface area contributed by atoms with Crippen molar-refractivity contribution in [3.05, 3.63) is 82.7 Å². The Morgan fingerprint density at radius 2 is 1.72 bits per heavy atom. The number of amides is 1. The van der Waals surface area contributed by atoms with Crippen molar-refractivity contribution in [1.82, 2.24) is 19.4 Å². The van der Waals surface area contributed by atoms with Gasteiger partial charge in [0.25, 0.3) is 10.0 Å². The van der Waals surface area contributed by atoms with Gasteiger partial charge >= 0.3 is 11.6 Å². The molecule has 0 unspecified atom stereocenters. The minimum absolute atomic E-state index is 0.0831. The van der Waals surface area contributed by atoms with Gasteiger partial charge in [-0.2, -0.15) is 0 Å². The van der Waals surface area contributed by atoms with E-state index in [1.165, 1.54) is 33.4 Å². The van der Waals surface area contributed by atoms with Crippen LogP contribution in [0.5, 0.6) is 5.75 Å². The molecule has 0 bridgehead atoms. The van der Waals surface area contributed by atoms with Crippen LogP contribution in [0.15, 0.2) is 74.8 Å². The van der Waals surface area contributed by atoms with E-state index in [0.29, 0.717) is 22.5 Å². The molecule has 0 aliphatic heterocycles. The smallest absolute Gasteiger partial charge is 0.328 e. The number of hydrogen-bond donors (Lipinski definition) is 2. The van der Waals surface area contributed by atoms with E-state index in [4.69, 9.17) is 9.15 Å². The standard InChI is InChI=1S/C21H20N4O6S/c1-24-17-10-9-16(12-18(17)25(2)21(24)27)32(28,29)23-22-20(26)19-11-8-15(31-19)13-30-14-6-4-3-5-7-14/h3-12,23H,13H2,1-2H3,(H,22,26). The van der Waals surface area contributed by atoms with Gasteiger partial charge in [-0.1, -0.05) is 18.2 Å². The van der Waals surface area contributed by atoms with Crippen LogP contribution in [0.3, 0.4) is 0 Å². The lowest BCUT2D eigenvalue weighted by Gasteiger charge is -2.08. The molecule has 0 aliphatic carbocycles. The lowest BCUT2D eigenvalue weighted by Crippen LogP contribution is -2.41. The summed E-state index contributed by atoms with van der Waals surface area (Å²) in [7, 11) is -0.943. The average molecular weight is 456 g/mol. The Morgan fingerprint density at radius 3 is 2.47 bits per heavy atom. The summed E-state index contributed by atoms with van der Waals surface area (Å²) in [5.74, 6) is 0.195. The van der Waals surface area contributed by atoms with Crippen molar-refractivity contribution in [2.75, 3.05) is 0 Å². The van der Waals surface area contributed by atoms with Crippen LogP contribution in [-0.2, 0) is 30.7 Å². The van der Waals surface area contributed by atoms with Crippen molar-refractivity contribution >= 4 is 27.0 Å². The highest BCUT2D eigenvalue weighted by molar-refractivity contribution is 7.89. The number of carbonyl (C=O) groups is 1. The zero-order chi connectivity index (χ0) is 22.9. The van der Waals surface area contributed by atoms with Gasteiger partial charge in [-0.15, -0.1) is 4.83 Å². The monoisotopic (exact) mass is 456 g/mol. The Labute approximate surface area is 183 Å². The maximum Gasteiger partial charge on any atom is 0.328 e. The molecule has 0 saturated carbocycles. The second-order valence-corrected chi connectivity index (χ2v) is 8.66. The van der Waals surface area contributed by atoms with E-state index in [-0.39, 0.29) is 23.0 Å². The molecular weight excluding hydrogens is 436 g/mol. The molecule has 10 nitrogen and oxygen atoms in total. The summed E-state index contributed by atoms with van der Waals surface area (Å²) in [6.07, 6.45) is 0. The Bertz CT molecular complexity index is 1450. The molecule has 0 saturated heterocycles. The molecule has 0 spiro atoms. The number of ether oxygens (including phenoxy) is 1. The van der Waals surface area contributed by atoms with Crippen LogP contribution in [0.1, 0.15) is 16.3 Å². The highest BCUT2D eigenvalue weighted by atomic mass is 32.2. The van der Waals surface area contributed by atoms with Crippen LogP contribution >= 0.6 is 0 Å². The predicted octanol–water partition coefficient (Wildman–Crippen LogP) is 1.67. The number of aromatic nitrogens is 2. The minimum atomic E-state index is -4.09. The zero-order valence-electron chi connectivity index (χ0n) is 17.2. The number of fused-ring (bicyclic) bond motifs is 1. The van der Waals surface area contributed by atoms with E-state index in [9.17, 15) is 18.0 Å². The van der Waals surface area contributed by atoms with E-state index >= 15 is 0 Å². The number of imidazole rings is 1. The van der Waals surface area contributed by atoms with Gasteiger partial charge in [-0.3, -0.25) is 19.4 Å². The van der Waals surface area contributed by atoms with Crippen molar-refractivity contribution in [3.8, 4) is 5.75 Å². The predicted molar refractivity (Wildman–Crippen MR) is 115 cm³/mol. The van der Waals surface area contributed by atoms with Crippen molar-refractivity contribution in [2.24, 2.45) is 14.1 Å². The fraction of sp³-hybridized carbons (Fsp3) is 0.143. The molecule has 32 heavy (non-hydrogen) atoms. The van der Waals surface area contributed by atoms with E-state index in [1.54, 1.807) is 32.3 Å². The largest absolute Gasteiger partial charge is 0.486 e. The minimum Gasteiger partial charge on any atom is -0.486 e. The first kappa shape index (κ1) is 21.4. The van der Waals surface area contributed by atoms with Crippen LogP contribution in [0.2, 0.25) is 0 Å². The van der Waals surface area contributed by atoms with Gasteiger partial charge in [0.15, 0.2) is 5.76 Å². The van der Waals surface area contributed by atoms with E-state index in [1.807, 2.05) is 23.0 Å². The number of nitrogens with zero attached hydrogens (tertiary/aromatic N) is 2. The Hall–Kier alpha value is -3.83. The summed E-state index contributed by atoms with van der Waals surface area (Å²) in [6, 6.07) is 16.3. The number of carbonyl (C=O) groups excluding carboxylic acids is 1. The van der Waals surface area contributed by atoms with E-state index in [2.05, 4.69) is 5.43 Å². The quantitative estimate of drug-likeness (QED) is 0.408. The summed E-state index contributed by atoms with van der Waals surface area (Å²) in [4.78, 5) is 26.3. The first-order valence-corrected chi connectivity index (χ1v) is 11.0. The highest BCUT2D eigenvalue weighted by Crippen LogP contribution is 2.18. The van der Waals surface area contributed by atoms with Crippen molar-refractivity contribution in [1.29, 1.82) is 0 Å². The van der Waals surface area contributed by atoms with Gasteiger partial charge in [0, 0.05) is 14.1 Å². The molecule has 1 amide bonds. The first-order chi connectivity index (χ1) is 15.3. The molecule has 11 heteroatoms. The molecule has 0 radical (unpaired) electrons. The zero-order valence-corrected chi connectivity index (χ0v) is 18.0. The number of rotatable bonds is 7. The maximum atomic E-state index is 12.6. The lowest BCUT2D eigenvalue weighted by atomic mass is 10.3. The van der Waals surface area contributed by atoms with Crippen molar-refractivity contribution in [3.63, 3.8) is 0 Å². The molecular formula is C21H20N4O6S. The van der Waals surface area contributed by atoms with E-state index in [0.717, 1.165) is 0 Å². The van der Waals surface area contributed by atoms with Crippen LogP contribution in [0.25, 0.3) is 11.0 Å². The molecule has 0 atom stereocenters. The molecule has 2 N–H and O–H groups in total. The molecule has 0 aliphatic rings. The van der Waals surface area contributed by atoms with Crippen molar-refractivity contribution < 1.29 is 22.4 Å². The van der Waals surface area contributed by atoms with Gasteiger partial charge in [0.05, 0.1) is 15.9 Å². The SMILES string of the molecule is Cn1c(=O)n(C)c2cc(S(=O)(=O)NNC(=O)c3ccc(COc4ccccc4)o3)ccc21. The average Bonchev–Trinajstić information content (AvgIpc) is 3.36. The van der Waals surface area contributed by atoms with Crippen LogP contribution in [-0.4, -0.2) is 23.5 Å². The Balaban J connectivity index is 1.42. The molecule has 2 heterocycles. The first-order valence-electron chi connectivity index (χ1n) is 9.50. The van der Waals surface area contributed by atoms with Crippen molar-refractivity contribution in [2.45, 2.75) is 11.5 Å². The fourth-order valence-corrected chi connectivity index (χ4v) is 4.00. The molecule has 166 valence electrons. The number of hydrogen-bond acceptors (Lipinski definition) is 6. The highest BCUT2D eigenvalue weighted by Gasteiger charge is 2.19. The van der Waals surface area contributed by atoms with E-state index < -0.39 is 15.9 Å². The van der Waals surface area contributed by atoms with Gasteiger partial charge < -0.3 is 9.15 Å². The third-order valence-electron chi connectivity index (χ3n) is 4.86. The van der Waals surface area contributed by atoms with Gasteiger partial charge in [-0.25, -0.2) is 13.2 Å². The molecule has 0 fully saturated rings. The molecule has 2 aromatic carbocycles. The summed E-state index contributed by atoms with van der Waals surface area (Å²) in [5.41, 5.74) is 2.87.